The van der Waals surface area contributed by atoms with E-state index in [4.69, 9.17) is 4.42 Å². The summed E-state index contributed by atoms with van der Waals surface area (Å²) in [7, 11) is 3.82. The molecule has 0 unspecified atom stereocenters. The van der Waals surface area contributed by atoms with Crippen molar-refractivity contribution >= 4 is 16.9 Å². The van der Waals surface area contributed by atoms with Crippen LogP contribution in [0.3, 0.4) is 0 Å². The lowest BCUT2D eigenvalue weighted by Crippen LogP contribution is -2.38. The van der Waals surface area contributed by atoms with Gasteiger partial charge in [-0.2, -0.15) is 0 Å². The number of guanidine groups is 1. The Balaban J connectivity index is 1.28. The minimum absolute atomic E-state index is 0.121. The van der Waals surface area contributed by atoms with Gasteiger partial charge in [-0.05, 0) is 36.1 Å². The molecule has 1 aromatic heterocycles. The highest BCUT2D eigenvalue weighted by Gasteiger charge is 2.16. The normalized spacial score (nSPS) is 16.0. The van der Waals surface area contributed by atoms with E-state index in [1.165, 1.54) is 11.1 Å². The number of aliphatic hydroxyl groups excluding tert-OH is 1. The van der Waals surface area contributed by atoms with Crippen LogP contribution in [-0.4, -0.2) is 54.2 Å². The molecule has 1 aliphatic heterocycles. The summed E-state index contributed by atoms with van der Waals surface area (Å²) < 4.78 is 5.94. The summed E-state index contributed by atoms with van der Waals surface area (Å²) in [6, 6.07) is 18.9. The van der Waals surface area contributed by atoms with Gasteiger partial charge in [0.2, 0.25) is 0 Å². The number of benzene rings is 2. The van der Waals surface area contributed by atoms with E-state index < -0.39 is 0 Å². The summed E-state index contributed by atoms with van der Waals surface area (Å²) >= 11 is 0. The number of hydrogen-bond acceptors (Lipinski definition) is 4. The topological polar surface area (TPSA) is 64.2 Å². The number of likely N-dealkylation sites (tertiary alicyclic amines) is 1. The van der Waals surface area contributed by atoms with Crippen LogP contribution in [0.15, 0.2) is 64.0 Å². The van der Waals surface area contributed by atoms with Gasteiger partial charge >= 0.3 is 0 Å². The number of fused-ring (bicyclic) bond motifs is 1. The van der Waals surface area contributed by atoms with E-state index in [-0.39, 0.29) is 6.10 Å². The van der Waals surface area contributed by atoms with Crippen molar-refractivity contribution in [1.29, 1.82) is 0 Å². The SMILES string of the molecule is CN=C(NCc1ccc(CN2CCC(O)CC2)cc1)N(C)Cc1cc2ccccc2o1. The van der Waals surface area contributed by atoms with Crippen molar-refractivity contribution in [2.75, 3.05) is 27.2 Å². The summed E-state index contributed by atoms with van der Waals surface area (Å²) in [5.74, 6) is 1.75. The maximum Gasteiger partial charge on any atom is 0.194 e. The van der Waals surface area contributed by atoms with Gasteiger partial charge in [0.25, 0.3) is 0 Å². The number of para-hydroxylation sites is 1. The van der Waals surface area contributed by atoms with Gasteiger partial charge in [0.05, 0.1) is 12.6 Å². The van der Waals surface area contributed by atoms with Crippen LogP contribution < -0.4 is 5.32 Å². The number of aliphatic hydroxyl groups is 1. The molecule has 31 heavy (non-hydrogen) atoms. The maximum atomic E-state index is 9.66. The Morgan fingerprint density at radius 2 is 1.84 bits per heavy atom. The summed E-state index contributed by atoms with van der Waals surface area (Å²) in [5.41, 5.74) is 3.44. The molecule has 2 N–H and O–H groups in total. The third kappa shape index (κ3) is 5.66. The molecule has 0 spiro atoms. The van der Waals surface area contributed by atoms with Gasteiger partial charge in [-0.25, -0.2) is 0 Å². The zero-order chi connectivity index (χ0) is 21.6. The number of rotatable bonds is 6. The van der Waals surface area contributed by atoms with Gasteiger partial charge in [-0.1, -0.05) is 42.5 Å². The fraction of sp³-hybridized carbons (Fsp3) is 0.400. The molecule has 1 aliphatic rings. The van der Waals surface area contributed by atoms with Gasteiger partial charge in [0, 0.05) is 45.7 Å². The molecule has 1 fully saturated rings. The van der Waals surface area contributed by atoms with E-state index in [1.807, 2.05) is 25.2 Å². The molecule has 0 amide bonds. The Bertz CT molecular complexity index is 971. The van der Waals surface area contributed by atoms with Crippen molar-refractivity contribution in [3.8, 4) is 0 Å². The van der Waals surface area contributed by atoms with Crippen LogP contribution in [0.5, 0.6) is 0 Å². The fourth-order valence-electron chi connectivity index (χ4n) is 4.09. The first-order chi connectivity index (χ1) is 15.1. The van der Waals surface area contributed by atoms with E-state index in [9.17, 15) is 5.11 Å². The van der Waals surface area contributed by atoms with Gasteiger partial charge in [-0.3, -0.25) is 9.89 Å². The van der Waals surface area contributed by atoms with Gasteiger partial charge < -0.3 is 19.7 Å². The molecule has 6 heteroatoms. The second-order valence-electron chi connectivity index (χ2n) is 8.33. The largest absolute Gasteiger partial charge is 0.459 e. The molecule has 3 aromatic rings. The molecule has 0 bridgehead atoms. The molecule has 0 radical (unpaired) electrons. The Morgan fingerprint density at radius 1 is 1.13 bits per heavy atom. The van der Waals surface area contributed by atoms with Crippen molar-refractivity contribution in [3.05, 3.63) is 71.5 Å². The number of furan rings is 1. The number of piperidine rings is 1. The van der Waals surface area contributed by atoms with Crippen LogP contribution in [0.1, 0.15) is 29.7 Å². The van der Waals surface area contributed by atoms with E-state index in [0.717, 1.165) is 55.2 Å². The lowest BCUT2D eigenvalue weighted by Gasteiger charge is -2.29. The third-order valence-corrected chi connectivity index (χ3v) is 5.88. The molecule has 4 rings (SSSR count). The first-order valence-electron chi connectivity index (χ1n) is 11.0. The number of nitrogens with zero attached hydrogens (tertiary/aromatic N) is 3. The molecule has 1 saturated heterocycles. The third-order valence-electron chi connectivity index (χ3n) is 5.88. The Hall–Kier alpha value is -2.83. The molecule has 0 aliphatic carbocycles. The van der Waals surface area contributed by atoms with Crippen LogP contribution in [0.2, 0.25) is 0 Å². The van der Waals surface area contributed by atoms with Crippen molar-refractivity contribution < 1.29 is 9.52 Å². The zero-order valence-electron chi connectivity index (χ0n) is 18.4. The first-order valence-corrected chi connectivity index (χ1v) is 11.0. The molecule has 0 atom stereocenters. The molecule has 0 saturated carbocycles. The van der Waals surface area contributed by atoms with Gasteiger partial charge in [0.1, 0.15) is 11.3 Å². The lowest BCUT2D eigenvalue weighted by atomic mass is 10.1. The monoisotopic (exact) mass is 420 g/mol. The summed E-state index contributed by atoms with van der Waals surface area (Å²) in [4.78, 5) is 8.89. The fourth-order valence-corrected chi connectivity index (χ4v) is 4.09. The highest BCUT2D eigenvalue weighted by molar-refractivity contribution is 5.80. The van der Waals surface area contributed by atoms with Gasteiger partial charge in [-0.15, -0.1) is 0 Å². The zero-order valence-corrected chi connectivity index (χ0v) is 18.4. The Morgan fingerprint density at radius 3 is 2.55 bits per heavy atom. The Kier molecular flexibility index (Phi) is 6.89. The standard InChI is InChI=1S/C25H32N4O2/c1-26-25(28(2)18-23-15-21-5-3-4-6-24(21)31-23)27-16-19-7-9-20(10-8-19)17-29-13-11-22(30)12-14-29/h3-10,15,22,30H,11-14,16-18H2,1-2H3,(H,26,27). The maximum absolute atomic E-state index is 9.66. The average Bonchev–Trinajstić information content (AvgIpc) is 3.19. The molecule has 2 aromatic carbocycles. The minimum Gasteiger partial charge on any atom is -0.459 e. The smallest absolute Gasteiger partial charge is 0.194 e. The molecule has 6 nitrogen and oxygen atoms in total. The molecule has 164 valence electrons. The highest BCUT2D eigenvalue weighted by atomic mass is 16.3. The highest BCUT2D eigenvalue weighted by Crippen LogP contribution is 2.20. The predicted octanol–water partition coefficient (Wildman–Crippen LogP) is 3.60. The van der Waals surface area contributed by atoms with Crippen LogP contribution in [-0.2, 0) is 19.6 Å². The summed E-state index contributed by atoms with van der Waals surface area (Å²) in [6.45, 7) is 4.25. The van der Waals surface area contributed by atoms with Crippen LogP contribution in [0, 0.1) is 0 Å². The van der Waals surface area contributed by atoms with Crippen molar-refractivity contribution in [1.82, 2.24) is 15.1 Å². The van der Waals surface area contributed by atoms with E-state index in [0.29, 0.717) is 13.1 Å². The van der Waals surface area contributed by atoms with Crippen molar-refractivity contribution in [2.45, 2.75) is 38.6 Å². The second kappa shape index (κ2) is 9.98. The predicted molar refractivity (Wildman–Crippen MR) is 125 cm³/mol. The quantitative estimate of drug-likeness (QED) is 0.471. The molecular weight excluding hydrogens is 388 g/mol. The van der Waals surface area contributed by atoms with Crippen LogP contribution in [0.4, 0.5) is 0 Å². The average molecular weight is 421 g/mol. The lowest BCUT2D eigenvalue weighted by molar-refractivity contribution is 0.0792. The Labute approximate surface area is 184 Å². The van der Waals surface area contributed by atoms with Crippen molar-refractivity contribution in [3.63, 3.8) is 0 Å². The summed E-state index contributed by atoms with van der Waals surface area (Å²) in [6.07, 6.45) is 1.63. The first kappa shape index (κ1) is 21.4. The van der Waals surface area contributed by atoms with E-state index in [1.54, 1.807) is 7.05 Å². The number of nitrogens with one attached hydrogen (secondary N) is 1. The second-order valence-corrected chi connectivity index (χ2v) is 8.33. The van der Waals surface area contributed by atoms with Crippen molar-refractivity contribution in [2.24, 2.45) is 4.99 Å². The molecule has 2 heterocycles. The number of hydrogen-bond donors (Lipinski definition) is 2. The molecular formula is C25H32N4O2. The van der Waals surface area contributed by atoms with E-state index >= 15 is 0 Å². The minimum atomic E-state index is -0.121. The van der Waals surface area contributed by atoms with Gasteiger partial charge in [0.15, 0.2) is 5.96 Å². The van der Waals surface area contributed by atoms with E-state index in [2.05, 4.69) is 56.5 Å². The number of aliphatic imine (C=N–C) groups is 1. The summed E-state index contributed by atoms with van der Waals surface area (Å²) in [5, 5.41) is 14.2. The van der Waals surface area contributed by atoms with Crippen LogP contribution in [0.25, 0.3) is 11.0 Å². The van der Waals surface area contributed by atoms with Crippen LogP contribution >= 0.6 is 0 Å².